The van der Waals surface area contributed by atoms with E-state index in [1.54, 1.807) is 0 Å². The van der Waals surface area contributed by atoms with Gasteiger partial charge in [0.05, 0.1) is 5.69 Å². The van der Waals surface area contributed by atoms with Gasteiger partial charge in [0.15, 0.2) is 4.96 Å². The second-order valence-electron chi connectivity index (χ2n) is 9.77. The molecule has 1 aliphatic carbocycles. The predicted octanol–water partition coefficient (Wildman–Crippen LogP) is 5.27. The van der Waals surface area contributed by atoms with Gasteiger partial charge in [-0.05, 0) is 34.4 Å². The quantitative estimate of drug-likeness (QED) is 0.656. The first kappa shape index (κ1) is 19.2. The number of carbonyl (C=O) groups excluding carboxylic acids is 1. The van der Waals surface area contributed by atoms with Crippen molar-refractivity contribution in [1.29, 1.82) is 0 Å². The molecule has 0 radical (unpaired) electrons. The van der Waals surface area contributed by atoms with E-state index in [1.165, 1.54) is 28.0 Å². The largest absolute Gasteiger partial charge is 0.492 e. The summed E-state index contributed by atoms with van der Waals surface area (Å²) >= 11 is 1.52. The number of imidazole rings is 1. The fourth-order valence-electron chi connectivity index (χ4n) is 4.65. The Balaban J connectivity index is 1.69. The highest BCUT2D eigenvalue weighted by molar-refractivity contribution is 7.15. The number of nitrogens with zero attached hydrogens (tertiary/aromatic N) is 2. The summed E-state index contributed by atoms with van der Waals surface area (Å²) < 4.78 is 1.98. The van der Waals surface area contributed by atoms with Gasteiger partial charge in [-0.15, -0.1) is 11.3 Å². The molecule has 1 N–H and O–H groups in total. The van der Waals surface area contributed by atoms with Crippen LogP contribution >= 0.6 is 11.3 Å². The molecule has 148 valence electrons. The molecule has 1 aromatic carbocycles. The summed E-state index contributed by atoms with van der Waals surface area (Å²) in [6, 6.07) is 6.62. The van der Waals surface area contributed by atoms with Crippen LogP contribution in [0.1, 0.15) is 69.3 Å². The monoisotopic (exact) mass is 396 g/mol. The second kappa shape index (κ2) is 6.45. The van der Waals surface area contributed by atoms with Crippen LogP contribution in [0, 0.1) is 5.41 Å². The zero-order valence-corrected chi connectivity index (χ0v) is 18.1. The summed E-state index contributed by atoms with van der Waals surface area (Å²) in [7, 11) is 0. The molecule has 1 aliphatic rings. The SMILES string of the molecule is CC(C)(Cc1ccc2c(c1)CC(=O)CC2C(C)(C)C)c1c(O)nc2sccn12. The maximum absolute atomic E-state index is 12.4. The van der Waals surface area contributed by atoms with Gasteiger partial charge < -0.3 is 5.11 Å². The zero-order valence-electron chi connectivity index (χ0n) is 17.2. The molecule has 0 saturated heterocycles. The molecule has 2 aromatic heterocycles. The standard InChI is InChI=1S/C23H28N2O2S/c1-22(2,3)18-12-16(26)11-15-10-14(6-7-17(15)18)13-23(4,5)19-20(27)24-21-25(19)8-9-28-21/h6-10,18,27H,11-13H2,1-5H3. The van der Waals surface area contributed by atoms with E-state index in [-0.39, 0.29) is 22.6 Å². The van der Waals surface area contributed by atoms with E-state index in [0.717, 1.165) is 17.1 Å². The van der Waals surface area contributed by atoms with E-state index >= 15 is 0 Å². The summed E-state index contributed by atoms with van der Waals surface area (Å²) in [5, 5.41) is 12.4. The van der Waals surface area contributed by atoms with Crippen molar-refractivity contribution in [3.05, 3.63) is 52.2 Å². The third-order valence-electron chi connectivity index (χ3n) is 5.98. The Morgan fingerprint density at radius 3 is 2.71 bits per heavy atom. The molecule has 3 aromatic rings. The number of hydrogen-bond donors (Lipinski definition) is 1. The van der Waals surface area contributed by atoms with Crippen molar-refractivity contribution in [3.63, 3.8) is 0 Å². The fourth-order valence-corrected chi connectivity index (χ4v) is 5.36. The first-order valence-electron chi connectivity index (χ1n) is 9.84. The summed E-state index contributed by atoms with van der Waals surface area (Å²) in [4.78, 5) is 17.5. The predicted molar refractivity (Wildman–Crippen MR) is 113 cm³/mol. The van der Waals surface area contributed by atoms with Crippen molar-refractivity contribution in [2.24, 2.45) is 5.41 Å². The Bertz CT molecular complexity index is 1050. The van der Waals surface area contributed by atoms with Gasteiger partial charge in [0.2, 0.25) is 5.88 Å². The molecule has 0 amide bonds. The van der Waals surface area contributed by atoms with E-state index in [9.17, 15) is 9.90 Å². The van der Waals surface area contributed by atoms with E-state index in [1.807, 2.05) is 16.0 Å². The Hall–Kier alpha value is -2.14. The minimum Gasteiger partial charge on any atom is -0.492 e. The van der Waals surface area contributed by atoms with E-state index in [4.69, 9.17) is 0 Å². The van der Waals surface area contributed by atoms with Crippen molar-refractivity contribution in [1.82, 2.24) is 9.38 Å². The van der Waals surface area contributed by atoms with E-state index in [0.29, 0.717) is 18.6 Å². The van der Waals surface area contributed by atoms with Crippen LogP contribution in [0.15, 0.2) is 29.8 Å². The molecule has 0 spiro atoms. The minimum atomic E-state index is -0.291. The van der Waals surface area contributed by atoms with Crippen molar-refractivity contribution in [3.8, 4) is 5.88 Å². The highest BCUT2D eigenvalue weighted by atomic mass is 32.1. The van der Waals surface area contributed by atoms with E-state index < -0.39 is 0 Å². The van der Waals surface area contributed by atoms with Gasteiger partial charge in [-0.2, -0.15) is 4.98 Å². The number of benzene rings is 1. The van der Waals surface area contributed by atoms with Crippen LogP contribution in [0.4, 0.5) is 0 Å². The molecular formula is C23H28N2O2S. The molecule has 5 heteroatoms. The molecular weight excluding hydrogens is 368 g/mol. The molecule has 0 aliphatic heterocycles. The van der Waals surface area contributed by atoms with Crippen molar-refractivity contribution < 1.29 is 9.90 Å². The number of rotatable bonds is 3. The number of Topliss-reactive ketones (excluding diaryl/α,β-unsaturated/α-hetero) is 1. The van der Waals surface area contributed by atoms with Gasteiger partial charge in [0.1, 0.15) is 5.78 Å². The summed E-state index contributed by atoms with van der Waals surface area (Å²) in [5.41, 5.74) is 4.30. The average molecular weight is 397 g/mol. The van der Waals surface area contributed by atoms with Crippen LogP contribution in [0.5, 0.6) is 5.88 Å². The Kier molecular flexibility index (Phi) is 4.42. The third kappa shape index (κ3) is 3.26. The molecule has 0 bridgehead atoms. The number of fused-ring (bicyclic) bond motifs is 2. The highest BCUT2D eigenvalue weighted by Gasteiger charge is 2.35. The number of aromatic nitrogens is 2. The van der Waals surface area contributed by atoms with Gasteiger partial charge in [-0.1, -0.05) is 52.8 Å². The lowest BCUT2D eigenvalue weighted by molar-refractivity contribution is -0.119. The van der Waals surface area contributed by atoms with Crippen molar-refractivity contribution >= 4 is 22.1 Å². The maximum atomic E-state index is 12.4. The second-order valence-corrected chi connectivity index (χ2v) is 10.6. The number of aromatic hydroxyl groups is 1. The first-order valence-corrected chi connectivity index (χ1v) is 10.7. The lowest BCUT2D eigenvalue weighted by atomic mass is 9.68. The minimum absolute atomic E-state index is 0.0690. The molecule has 2 heterocycles. The Morgan fingerprint density at radius 1 is 1.25 bits per heavy atom. The van der Waals surface area contributed by atoms with E-state index in [2.05, 4.69) is 57.8 Å². The molecule has 0 fully saturated rings. The first-order chi connectivity index (χ1) is 13.1. The van der Waals surface area contributed by atoms with Crippen molar-refractivity contribution in [2.75, 3.05) is 0 Å². The van der Waals surface area contributed by atoms with Gasteiger partial charge in [0, 0.05) is 29.8 Å². The number of thiazole rings is 1. The lowest BCUT2D eigenvalue weighted by Gasteiger charge is -2.35. The zero-order chi connectivity index (χ0) is 20.3. The summed E-state index contributed by atoms with van der Waals surface area (Å²) in [6.45, 7) is 10.9. The molecule has 1 unspecified atom stereocenters. The molecule has 4 nitrogen and oxygen atoms in total. The number of hydrogen-bond acceptors (Lipinski definition) is 4. The van der Waals surface area contributed by atoms with Crippen molar-refractivity contribution in [2.45, 2.75) is 65.2 Å². The normalized spacial score (nSPS) is 17.9. The summed E-state index contributed by atoms with van der Waals surface area (Å²) in [5.74, 6) is 0.713. The highest BCUT2D eigenvalue weighted by Crippen LogP contribution is 2.43. The summed E-state index contributed by atoms with van der Waals surface area (Å²) in [6.07, 6.45) is 3.90. The number of ketones is 1. The van der Waals surface area contributed by atoms with Crippen LogP contribution in [0.2, 0.25) is 0 Å². The van der Waals surface area contributed by atoms with Crippen LogP contribution in [-0.4, -0.2) is 20.3 Å². The fraction of sp³-hybridized carbons (Fsp3) is 0.478. The van der Waals surface area contributed by atoms with Crippen LogP contribution in [0.3, 0.4) is 0 Å². The van der Waals surface area contributed by atoms with Crippen LogP contribution in [0.25, 0.3) is 4.96 Å². The molecule has 1 atom stereocenters. The Morgan fingerprint density at radius 2 is 2.00 bits per heavy atom. The topological polar surface area (TPSA) is 54.6 Å². The molecule has 28 heavy (non-hydrogen) atoms. The molecule has 0 saturated carbocycles. The molecule has 4 rings (SSSR count). The lowest BCUT2D eigenvalue weighted by Crippen LogP contribution is -2.28. The smallest absolute Gasteiger partial charge is 0.234 e. The third-order valence-corrected chi connectivity index (χ3v) is 6.74. The van der Waals surface area contributed by atoms with Gasteiger partial charge in [-0.25, -0.2) is 0 Å². The average Bonchev–Trinajstić information content (AvgIpc) is 3.11. The van der Waals surface area contributed by atoms with Gasteiger partial charge in [-0.3, -0.25) is 9.20 Å². The van der Waals surface area contributed by atoms with Crippen LogP contribution < -0.4 is 0 Å². The van der Waals surface area contributed by atoms with Gasteiger partial charge >= 0.3 is 0 Å². The number of carbonyl (C=O) groups is 1. The van der Waals surface area contributed by atoms with Gasteiger partial charge in [0.25, 0.3) is 0 Å². The van der Waals surface area contributed by atoms with Crippen LogP contribution in [-0.2, 0) is 23.1 Å². The maximum Gasteiger partial charge on any atom is 0.234 e. The Labute approximate surface area is 170 Å².